The van der Waals surface area contributed by atoms with Gasteiger partial charge in [0.15, 0.2) is 0 Å². The van der Waals surface area contributed by atoms with Gasteiger partial charge < -0.3 is 19.3 Å². The van der Waals surface area contributed by atoms with Crippen LogP contribution in [0.5, 0.6) is 5.75 Å². The first-order chi connectivity index (χ1) is 15.6. The van der Waals surface area contributed by atoms with Crippen LogP contribution >= 0.6 is 0 Å². The van der Waals surface area contributed by atoms with Gasteiger partial charge in [0.05, 0.1) is 26.2 Å². The second-order valence-electron chi connectivity index (χ2n) is 8.55. The Hall–Kier alpha value is -2.71. The Balaban J connectivity index is 1.39. The van der Waals surface area contributed by atoms with E-state index in [4.69, 9.17) is 9.47 Å². The van der Waals surface area contributed by atoms with Crippen LogP contribution in [-0.2, 0) is 20.9 Å². The second-order valence-corrected chi connectivity index (χ2v) is 8.55. The van der Waals surface area contributed by atoms with Crippen LogP contribution in [0.2, 0.25) is 0 Å². The lowest BCUT2D eigenvalue weighted by atomic mass is 9.95. The van der Waals surface area contributed by atoms with Crippen molar-refractivity contribution in [3.63, 3.8) is 0 Å². The molecule has 0 saturated carbocycles. The van der Waals surface area contributed by atoms with Crippen LogP contribution in [0.4, 0.5) is 0 Å². The van der Waals surface area contributed by atoms with Gasteiger partial charge in [0, 0.05) is 64.3 Å². The molecule has 32 heavy (non-hydrogen) atoms. The number of carbonyl (C=O) groups is 2. The summed E-state index contributed by atoms with van der Waals surface area (Å²) in [7, 11) is 3.47. The molecule has 1 aromatic heterocycles. The number of morpholine rings is 1. The van der Waals surface area contributed by atoms with Crippen LogP contribution in [0.15, 0.2) is 30.5 Å². The molecule has 2 saturated heterocycles. The molecule has 1 unspecified atom stereocenters. The maximum absolute atomic E-state index is 13.2. The number of aromatic nitrogens is 1. The van der Waals surface area contributed by atoms with E-state index < -0.39 is 0 Å². The molecule has 1 aromatic carbocycles. The quantitative estimate of drug-likeness (QED) is 0.653. The van der Waals surface area contributed by atoms with Crippen molar-refractivity contribution >= 4 is 22.7 Å². The van der Waals surface area contributed by atoms with E-state index in [2.05, 4.69) is 9.88 Å². The highest BCUT2D eigenvalue weighted by Crippen LogP contribution is 2.28. The zero-order valence-corrected chi connectivity index (χ0v) is 19.0. The van der Waals surface area contributed by atoms with Gasteiger partial charge in [-0.05, 0) is 24.1 Å². The molecule has 2 aromatic rings. The van der Waals surface area contributed by atoms with Gasteiger partial charge in [0.25, 0.3) is 0 Å². The number of likely N-dealkylation sites (tertiary alicyclic amines) is 1. The van der Waals surface area contributed by atoms with Crippen molar-refractivity contribution in [3.8, 4) is 5.75 Å². The van der Waals surface area contributed by atoms with Crippen LogP contribution in [0.3, 0.4) is 0 Å². The summed E-state index contributed by atoms with van der Waals surface area (Å²) in [6.07, 6.45) is 2.79. The normalized spacial score (nSPS) is 19.9. The molecule has 3 heterocycles. The van der Waals surface area contributed by atoms with Crippen LogP contribution < -0.4 is 4.74 Å². The van der Waals surface area contributed by atoms with Gasteiger partial charge in [-0.15, -0.1) is 0 Å². The summed E-state index contributed by atoms with van der Waals surface area (Å²) in [6.45, 7) is 5.78. The third kappa shape index (κ3) is 5.02. The number of rotatable bonds is 7. The number of fused-ring (bicyclic) bond motifs is 1. The molecule has 2 amide bonds. The maximum atomic E-state index is 13.2. The Morgan fingerprint density at radius 2 is 2.06 bits per heavy atom. The van der Waals surface area contributed by atoms with Crippen molar-refractivity contribution in [2.75, 3.05) is 60.1 Å². The van der Waals surface area contributed by atoms with E-state index in [1.54, 1.807) is 18.2 Å². The Bertz CT molecular complexity index is 960. The van der Waals surface area contributed by atoms with Gasteiger partial charge >= 0.3 is 0 Å². The molecule has 172 valence electrons. The van der Waals surface area contributed by atoms with Crippen molar-refractivity contribution in [2.45, 2.75) is 19.4 Å². The third-order valence-corrected chi connectivity index (χ3v) is 6.47. The molecular weight excluding hydrogens is 408 g/mol. The summed E-state index contributed by atoms with van der Waals surface area (Å²) in [5.74, 6) is 0.795. The molecule has 2 aliphatic heterocycles. The summed E-state index contributed by atoms with van der Waals surface area (Å²) in [5, 5.41) is 0.984. The summed E-state index contributed by atoms with van der Waals surface area (Å²) < 4.78 is 10.8. The SMILES string of the molecule is COc1ccc(CN(C)C(=O)C2CCC(=O)N(CCN3CCOCC3)C2)c2cccnc12. The largest absolute Gasteiger partial charge is 0.494 e. The maximum Gasteiger partial charge on any atom is 0.227 e. The number of methoxy groups -OCH3 is 1. The van der Waals surface area contributed by atoms with Crippen molar-refractivity contribution in [2.24, 2.45) is 5.92 Å². The number of benzene rings is 1. The number of pyridine rings is 1. The van der Waals surface area contributed by atoms with Gasteiger partial charge in [-0.1, -0.05) is 12.1 Å². The summed E-state index contributed by atoms with van der Waals surface area (Å²) in [6, 6.07) is 7.79. The number of carbonyl (C=O) groups excluding carboxylic acids is 2. The first-order valence-electron chi connectivity index (χ1n) is 11.3. The van der Waals surface area contributed by atoms with Crippen molar-refractivity contribution in [1.29, 1.82) is 0 Å². The van der Waals surface area contributed by atoms with Gasteiger partial charge in [0.2, 0.25) is 11.8 Å². The van der Waals surface area contributed by atoms with Crippen molar-refractivity contribution in [3.05, 3.63) is 36.0 Å². The molecule has 4 rings (SSSR count). The number of hydrogen-bond acceptors (Lipinski definition) is 6. The summed E-state index contributed by atoms with van der Waals surface area (Å²) >= 11 is 0. The average Bonchev–Trinajstić information content (AvgIpc) is 2.84. The number of piperidine rings is 1. The highest BCUT2D eigenvalue weighted by molar-refractivity contribution is 5.88. The van der Waals surface area contributed by atoms with Crippen LogP contribution in [0, 0.1) is 5.92 Å². The van der Waals surface area contributed by atoms with E-state index in [-0.39, 0.29) is 17.7 Å². The first-order valence-corrected chi connectivity index (χ1v) is 11.3. The Morgan fingerprint density at radius 3 is 2.84 bits per heavy atom. The lowest BCUT2D eigenvalue weighted by molar-refractivity contribution is -0.142. The fraction of sp³-hybridized carbons (Fsp3) is 0.542. The van der Waals surface area contributed by atoms with E-state index in [1.807, 2.05) is 36.2 Å². The lowest BCUT2D eigenvalue weighted by Gasteiger charge is -2.36. The zero-order chi connectivity index (χ0) is 22.5. The van der Waals surface area contributed by atoms with Crippen molar-refractivity contribution in [1.82, 2.24) is 19.7 Å². The predicted octanol–water partition coefficient (Wildman–Crippen LogP) is 1.77. The number of hydrogen-bond donors (Lipinski definition) is 0. The van der Waals surface area contributed by atoms with Crippen molar-refractivity contribution < 1.29 is 19.1 Å². The van der Waals surface area contributed by atoms with Gasteiger partial charge in [-0.25, -0.2) is 0 Å². The highest BCUT2D eigenvalue weighted by atomic mass is 16.5. The minimum Gasteiger partial charge on any atom is -0.494 e. The van der Waals surface area contributed by atoms with E-state index in [0.29, 0.717) is 32.5 Å². The minimum absolute atomic E-state index is 0.0849. The molecule has 2 aliphatic rings. The van der Waals surface area contributed by atoms with E-state index >= 15 is 0 Å². The molecule has 0 bridgehead atoms. The fourth-order valence-corrected chi connectivity index (χ4v) is 4.57. The topological polar surface area (TPSA) is 75.2 Å². The third-order valence-electron chi connectivity index (χ3n) is 6.47. The van der Waals surface area contributed by atoms with E-state index in [1.165, 1.54) is 0 Å². The Morgan fingerprint density at radius 1 is 1.25 bits per heavy atom. The fourth-order valence-electron chi connectivity index (χ4n) is 4.57. The Kier molecular flexibility index (Phi) is 7.22. The standard InChI is InChI=1S/C24H32N4O4/c1-26(16-18-5-7-21(31-2)23-20(18)4-3-9-25-23)24(30)19-6-8-22(29)28(17-19)11-10-27-12-14-32-15-13-27/h3-5,7,9,19H,6,8,10-17H2,1-2H3. The monoisotopic (exact) mass is 440 g/mol. The molecule has 1 atom stereocenters. The van der Waals surface area contributed by atoms with Gasteiger partial charge in [0.1, 0.15) is 11.3 Å². The van der Waals surface area contributed by atoms with E-state index in [0.717, 1.165) is 55.1 Å². The second kappa shape index (κ2) is 10.3. The molecule has 0 spiro atoms. The van der Waals surface area contributed by atoms with Crippen LogP contribution in [0.1, 0.15) is 18.4 Å². The molecular formula is C24H32N4O4. The molecule has 0 radical (unpaired) electrons. The smallest absolute Gasteiger partial charge is 0.227 e. The van der Waals surface area contributed by atoms with E-state index in [9.17, 15) is 9.59 Å². The van der Waals surface area contributed by atoms with Crippen LogP contribution in [-0.4, -0.2) is 91.6 Å². The number of ether oxygens (including phenoxy) is 2. The van der Waals surface area contributed by atoms with Crippen LogP contribution in [0.25, 0.3) is 10.9 Å². The molecule has 2 fully saturated rings. The molecule has 8 nitrogen and oxygen atoms in total. The van der Waals surface area contributed by atoms with Gasteiger partial charge in [-0.3, -0.25) is 19.5 Å². The molecule has 8 heteroatoms. The number of amides is 2. The number of nitrogens with zero attached hydrogens (tertiary/aromatic N) is 4. The summed E-state index contributed by atoms with van der Waals surface area (Å²) in [4.78, 5) is 36.1. The lowest BCUT2D eigenvalue weighted by Crippen LogP contribution is -2.49. The predicted molar refractivity (Wildman–Crippen MR) is 121 cm³/mol. The molecule has 0 aliphatic carbocycles. The summed E-state index contributed by atoms with van der Waals surface area (Å²) in [5.41, 5.74) is 1.83. The average molecular weight is 441 g/mol. The highest BCUT2D eigenvalue weighted by Gasteiger charge is 2.32. The molecule has 0 N–H and O–H groups in total. The van der Waals surface area contributed by atoms with Gasteiger partial charge in [-0.2, -0.15) is 0 Å². The zero-order valence-electron chi connectivity index (χ0n) is 19.0. The minimum atomic E-state index is -0.162. The Labute approximate surface area is 189 Å². The first kappa shape index (κ1) is 22.5.